The number of pyridine rings is 2. The lowest BCUT2D eigenvalue weighted by atomic mass is 10.1. The molecule has 0 unspecified atom stereocenters. The molecule has 1 aliphatic heterocycles. The highest BCUT2D eigenvalue weighted by Gasteiger charge is 2.26. The van der Waals surface area contributed by atoms with Crippen LogP contribution in [0.1, 0.15) is 34.2 Å². The molecule has 32 heavy (non-hydrogen) atoms. The van der Waals surface area contributed by atoms with Crippen LogP contribution in [-0.2, 0) is 18.1 Å². The number of thioether (sulfide) groups is 1. The van der Waals surface area contributed by atoms with Crippen molar-refractivity contribution >= 4 is 34.5 Å². The summed E-state index contributed by atoms with van der Waals surface area (Å²) in [4.78, 5) is 30.9. The summed E-state index contributed by atoms with van der Waals surface area (Å²) in [6.45, 7) is 4.36. The SMILES string of the molecule is CCn1cc(C(=O)Nc2c3c(nn2-c2ccc(F)cc2)CSC3)c(=O)c2ccc(C)nc21. The molecule has 1 aliphatic rings. The minimum atomic E-state index is -0.511. The number of fused-ring (bicyclic) bond motifs is 2. The number of hydrogen-bond donors (Lipinski definition) is 1. The van der Waals surface area contributed by atoms with E-state index in [0.717, 1.165) is 22.7 Å². The minimum Gasteiger partial charge on any atom is -0.332 e. The van der Waals surface area contributed by atoms with Gasteiger partial charge in [-0.25, -0.2) is 14.1 Å². The van der Waals surface area contributed by atoms with Crippen LogP contribution in [0.25, 0.3) is 16.7 Å². The Bertz CT molecular complexity index is 1430. The molecule has 1 amide bonds. The highest BCUT2D eigenvalue weighted by atomic mass is 32.2. The number of nitrogens with zero attached hydrogens (tertiary/aromatic N) is 4. The predicted octanol–water partition coefficient (Wildman–Crippen LogP) is 4.05. The van der Waals surface area contributed by atoms with Gasteiger partial charge < -0.3 is 9.88 Å². The van der Waals surface area contributed by atoms with Gasteiger partial charge in [0, 0.05) is 35.5 Å². The molecule has 7 nitrogen and oxygen atoms in total. The van der Waals surface area contributed by atoms with Gasteiger partial charge in [0.15, 0.2) is 0 Å². The Hall–Kier alpha value is -3.46. The first-order valence-electron chi connectivity index (χ1n) is 10.2. The van der Waals surface area contributed by atoms with E-state index in [-0.39, 0.29) is 16.8 Å². The fraction of sp³-hybridized carbons (Fsp3) is 0.217. The molecule has 3 aromatic heterocycles. The standard InChI is InChI=1S/C23H20FN5O2S/c1-3-28-10-17(20(30)16-9-4-13(2)25-21(16)28)23(31)26-22-18-11-32-12-19(18)27-29(22)15-7-5-14(24)6-8-15/h4-10H,3,11-12H2,1-2H3,(H,26,31). The molecular weight excluding hydrogens is 429 g/mol. The van der Waals surface area contributed by atoms with Crippen LogP contribution < -0.4 is 10.7 Å². The van der Waals surface area contributed by atoms with E-state index < -0.39 is 5.91 Å². The first kappa shape index (κ1) is 20.4. The number of benzene rings is 1. The van der Waals surface area contributed by atoms with Crippen molar-refractivity contribution in [2.24, 2.45) is 0 Å². The second-order valence-electron chi connectivity index (χ2n) is 7.59. The third-order valence-corrected chi connectivity index (χ3v) is 6.47. The number of aromatic nitrogens is 4. The van der Waals surface area contributed by atoms with E-state index in [4.69, 9.17) is 0 Å². The maximum Gasteiger partial charge on any atom is 0.262 e. The van der Waals surface area contributed by atoms with E-state index in [1.807, 2.05) is 13.8 Å². The van der Waals surface area contributed by atoms with Crippen molar-refractivity contribution in [2.45, 2.75) is 31.9 Å². The molecule has 0 spiro atoms. The Morgan fingerprint density at radius 3 is 2.72 bits per heavy atom. The number of carbonyl (C=O) groups excluding carboxylic acids is 1. The Morgan fingerprint density at radius 1 is 1.19 bits per heavy atom. The van der Waals surface area contributed by atoms with Gasteiger partial charge in [0.2, 0.25) is 5.43 Å². The monoisotopic (exact) mass is 449 g/mol. The van der Waals surface area contributed by atoms with Gasteiger partial charge in [-0.05, 0) is 50.2 Å². The molecule has 0 bridgehead atoms. The van der Waals surface area contributed by atoms with Crippen molar-refractivity contribution in [1.29, 1.82) is 0 Å². The maximum absolute atomic E-state index is 13.4. The maximum atomic E-state index is 13.4. The quantitative estimate of drug-likeness (QED) is 0.508. The molecule has 0 fully saturated rings. The second-order valence-corrected chi connectivity index (χ2v) is 8.58. The van der Waals surface area contributed by atoms with Gasteiger partial charge in [-0.2, -0.15) is 16.9 Å². The van der Waals surface area contributed by atoms with Gasteiger partial charge in [-0.15, -0.1) is 0 Å². The molecule has 0 aliphatic carbocycles. The van der Waals surface area contributed by atoms with Crippen LogP contribution in [0.2, 0.25) is 0 Å². The first-order valence-corrected chi connectivity index (χ1v) is 11.4. The molecule has 9 heteroatoms. The smallest absolute Gasteiger partial charge is 0.262 e. The van der Waals surface area contributed by atoms with E-state index >= 15 is 0 Å². The van der Waals surface area contributed by atoms with Crippen molar-refractivity contribution in [3.63, 3.8) is 0 Å². The lowest BCUT2D eigenvalue weighted by molar-refractivity contribution is 0.102. The fourth-order valence-electron chi connectivity index (χ4n) is 3.85. The summed E-state index contributed by atoms with van der Waals surface area (Å²) in [5.41, 5.74) is 3.45. The van der Waals surface area contributed by atoms with Crippen LogP contribution in [0.4, 0.5) is 10.2 Å². The van der Waals surface area contributed by atoms with Crippen molar-refractivity contribution in [3.8, 4) is 5.69 Å². The highest BCUT2D eigenvalue weighted by Crippen LogP contribution is 2.36. The molecule has 0 atom stereocenters. The Balaban J connectivity index is 1.60. The summed E-state index contributed by atoms with van der Waals surface area (Å²) in [6.07, 6.45) is 1.56. The van der Waals surface area contributed by atoms with Crippen LogP contribution in [0.5, 0.6) is 0 Å². The molecule has 0 saturated heterocycles. The molecule has 4 aromatic rings. The van der Waals surface area contributed by atoms with Crippen molar-refractivity contribution < 1.29 is 9.18 Å². The van der Waals surface area contributed by atoms with Gasteiger partial charge in [0.05, 0.1) is 16.8 Å². The summed E-state index contributed by atoms with van der Waals surface area (Å²) in [6, 6.07) is 9.38. The normalized spacial score (nSPS) is 12.8. The summed E-state index contributed by atoms with van der Waals surface area (Å²) in [5, 5.41) is 7.93. The molecule has 1 aromatic carbocycles. The summed E-state index contributed by atoms with van der Waals surface area (Å²) in [7, 11) is 0. The average Bonchev–Trinajstić information content (AvgIpc) is 3.37. The summed E-state index contributed by atoms with van der Waals surface area (Å²) >= 11 is 1.70. The second kappa shape index (κ2) is 7.90. The van der Waals surface area contributed by atoms with E-state index in [0.29, 0.717) is 34.8 Å². The molecule has 162 valence electrons. The lowest BCUT2D eigenvalue weighted by Crippen LogP contribution is -2.25. The number of hydrogen-bond acceptors (Lipinski definition) is 5. The lowest BCUT2D eigenvalue weighted by Gasteiger charge is -2.13. The fourth-order valence-corrected chi connectivity index (χ4v) is 4.88. The molecule has 4 heterocycles. The van der Waals surface area contributed by atoms with Gasteiger partial charge in [-0.1, -0.05) is 0 Å². The zero-order valence-corrected chi connectivity index (χ0v) is 18.4. The minimum absolute atomic E-state index is 0.0382. The zero-order valence-electron chi connectivity index (χ0n) is 17.6. The van der Waals surface area contributed by atoms with Crippen LogP contribution >= 0.6 is 11.8 Å². The van der Waals surface area contributed by atoms with E-state index in [9.17, 15) is 14.0 Å². The predicted molar refractivity (Wildman–Crippen MR) is 123 cm³/mol. The van der Waals surface area contributed by atoms with Crippen molar-refractivity contribution in [1.82, 2.24) is 19.3 Å². The number of halogens is 1. The van der Waals surface area contributed by atoms with Gasteiger partial charge in [0.1, 0.15) is 22.8 Å². The summed E-state index contributed by atoms with van der Waals surface area (Å²) in [5.74, 6) is 1.07. The number of anilines is 1. The van der Waals surface area contributed by atoms with Crippen LogP contribution in [0, 0.1) is 12.7 Å². The largest absolute Gasteiger partial charge is 0.332 e. The molecule has 0 saturated carbocycles. The van der Waals surface area contributed by atoms with Crippen LogP contribution in [0.3, 0.4) is 0 Å². The molecule has 5 rings (SSSR count). The zero-order chi connectivity index (χ0) is 22.4. The van der Waals surface area contributed by atoms with E-state index in [1.54, 1.807) is 51.5 Å². The van der Waals surface area contributed by atoms with Gasteiger partial charge in [0.25, 0.3) is 5.91 Å². The molecule has 0 radical (unpaired) electrons. The number of carbonyl (C=O) groups is 1. The average molecular weight is 450 g/mol. The molecular formula is C23H20FN5O2S. The van der Waals surface area contributed by atoms with Gasteiger partial charge >= 0.3 is 0 Å². The third kappa shape index (κ3) is 3.38. The third-order valence-electron chi connectivity index (χ3n) is 5.50. The Labute approximate surface area is 187 Å². The number of amides is 1. The topological polar surface area (TPSA) is 81.8 Å². The summed E-state index contributed by atoms with van der Waals surface area (Å²) < 4.78 is 16.8. The van der Waals surface area contributed by atoms with E-state index in [1.165, 1.54) is 12.1 Å². The first-order chi connectivity index (χ1) is 15.5. The number of aryl methyl sites for hydroxylation is 2. The number of nitrogens with one attached hydrogen (secondary N) is 1. The van der Waals surface area contributed by atoms with Crippen LogP contribution in [0.15, 0.2) is 47.4 Å². The van der Waals surface area contributed by atoms with Crippen molar-refractivity contribution in [2.75, 3.05) is 5.32 Å². The Kier molecular flexibility index (Phi) is 5.05. The van der Waals surface area contributed by atoms with E-state index in [2.05, 4.69) is 15.4 Å². The molecule has 1 N–H and O–H groups in total. The highest BCUT2D eigenvalue weighted by molar-refractivity contribution is 7.98. The van der Waals surface area contributed by atoms with Crippen LogP contribution in [-0.4, -0.2) is 25.2 Å². The van der Waals surface area contributed by atoms with Gasteiger partial charge in [-0.3, -0.25) is 9.59 Å². The Morgan fingerprint density at radius 2 is 1.97 bits per heavy atom. The number of rotatable bonds is 4. The van der Waals surface area contributed by atoms with Crippen molar-refractivity contribution in [3.05, 3.63) is 81.2 Å².